The molecule has 0 aromatic rings. The molecule has 3 aliphatic rings. The van der Waals surface area contributed by atoms with Crippen molar-refractivity contribution >= 4 is 5.91 Å². The van der Waals surface area contributed by atoms with Gasteiger partial charge >= 0.3 is 6.18 Å². The zero-order chi connectivity index (χ0) is 18.6. The van der Waals surface area contributed by atoms with Crippen LogP contribution >= 0.6 is 0 Å². The minimum absolute atomic E-state index is 0.107. The van der Waals surface area contributed by atoms with E-state index in [-0.39, 0.29) is 12.3 Å². The van der Waals surface area contributed by atoms with Gasteiger partial charge in [0.1, 0.15) is 0 Å². The highest BCUT2D eigenvalue weighted by Crippen LogP contribution is 2.42. The van der Waals surface area contributed by atoms with E-state index < -0.39 is 18.0 Å². The third-order valence-electron chi connectivity index (χ3n) is 6.39. The number of ether oxygens (including phenoxy) is 1. The van der Waals surface area contributed by atoms with Crippen LogP contribution in [0.1, 0.15) is 44.9 Å². The summed E-state index contributed by atoms with van der Waals surface area (Å²) >= 11 is 0. The van der Waals surface area contributed by atoms with Crippen molar-refractivity contribution in [1.82, 2.24) is 9.80 Å². The van der Waals surface area contributed by atoms with Crippen molar-refractivity contribution in [2.24, 2.45) is 17.8 Å². The Bertz CT molecular complexity index is 458. The van der Waals surface area contributed by atoms with Crippen molar-refractivity contribution in [2.45, 2.75) is 51.1 Å². The Hall–Kier alpha value is -0.820. The summed E-state index contributed by atoms with van der Waals surface area (Å²) in [7, 11) is 0. The Labute approximate surface area is 154 Å². The molecule has 7 heteroatoms. The van der Waals surface area contributed by atoms with Crippen LogP contribution in [0.3, 0.4) is 0 Å². The average molecular weight is 376 g/mol. The molecule has 3 fully saturated rings. The number of alkyl halides is 3. The minimum atomic E-state index is -4.25. The van der Waals surface area contributed by atoms with Gasteiger partial charge in [0, 0.05) is 32.1 Å². The third-order valence-corrected chi connectivity index (χ3v) is 6.39. The molecule has 3 rings (SSSR count). The fourth-order valence-electron chi connectivity index (χ4n) is 4.68. The van der Waals surface area contributed by atoms with Gasteiger partial charge in [-0.15, -0.1) is 0 Å². The smallest absolute Gasteiger partial charge is 0.379 e. The molecule has 0 spiro atoms. The molecule has 1 aliphatic carbocycles. The molecule has 2 atom stereocenters. The van der Waals surface area contributed by atoms with Gasteiger partial charge in [-0.25, -0.2) is 0 Å². The topological polar surface area (TPSA) is 32.8 Å². The number of halogens is 3. The lowest BCUT2D eigenvalue weighted by atomic mass is 9.77. The van der Waals surface area contributed by atoms with E-state index in [9.17, 15) is 18.0 Å². The Kier molecular flexibility index (Phi) is 6.83. The summed E-state index contributed by atoms with van der Waals surface area (Å²) in [5, 5.41) is 0. The number of morpholine rings is 1. The molecule has 0 N–H and O–H groups in total. The van der Waals surface area contributed by atoms with Gasteiger partial charge in [-0.1, -0.05) is 12.8 Å². The van der Waals surface area contributed by atoms with Crippen LogP contribution in [0.4, 0.5) is 13.2 Å². The maximum atomic E-state index is 13.3. The lowest BCUT2D eigenvalue weighted by Gasteiger charge is -2.39. The molecule has 0 bridgehead atoms. The molecular weight excluding hydrogens is 345 g/mol. The summed E-state index contributed by atoms with van der Waals surface area (Å²) < 4.78 is 45.2. The molecule has 4 nitrogen and oxygen atoms in total. The minimum Gasteiger partial charge on any atom is -0.379 e. The molecule has 0 aromatic heterocycles. The zero-order valence-electron chi connectivity index (χ0n) is 15.5. The van der Waals surface area contributed by atoms with Gasteiger partial charge in [0.05, 0.1) is 19.1 Å². The number of carbonyl (C=O) groups is 1. The van der Waals surface area contributed by atoms with Gasteiger partial charge in [0.25, 0.3) is 0 Å². The fourth-order valence-corrected chi connectivity index (χ4v) is 4.68. The molecule has 2 heterocycles. The van der Waals surface area contributed by atoms with Crippen LogP contribution in [0, 0.1) is 17.8 Å². The number of rotatable bonds is 4. The molecular formula is C19H31F3N2O2. The summed E-state index contributed by atoms with van der Waals surface area (Å²) in [6.07, 6.45) is 0.499. The molecule has 0 aromatic carbocycles. The van der Waals surface area contributed by atoms with E-state index >= 15 is 0 Å². The van der Waals surface area contributed by atoms with Crippen LogP contribution in [0.25, 0.3) is 0 Å². The van der Waals surface area contributed by atoms with Crippen LogP contribution in [-0.4, -0.2) is 67.8 Å². The fraction of sp³-hybridized carbons (Fsp3) is 0.947. The van der Waals surface area contributed by atoms with Gasteiger partial charge in [0.2, 0.25) is 5.91 Å². The number of nitrogens with zero attached hydrogens (tertiary/aromatic N) is 2. The Morgan fingerprint density at radius 2 is 1.62 bits per heavy atom. The van der Waals surface area contributed by atoms with Crippen molar-refractivity contribution in [2.75, 3.05) is 45.9 Å². The van der Waals surface area contributed by atoms with Gasteiger partial charge in [-0.2, -0.15) is 13.2 Å². The molecule has 26 heavy (non-hydrogen) atoms. The van der Waals surface area contributed by atoms with Gasteiger partial charge < -0.3 is 9.64 Å². The predicted molar refractivity (Wildman–Crippen MR) is 92.7 cm³/mol. The number of hydrogen-bond donors (Lipinski definition) is 0. The Morgan fingerprint density at radius 1 is 0.962 bits per heavy atom. The number of piperidine rings is 1. The maximum Gasteiger partial charge on any atom is 0.392 e. The molecule has 2 unspecified atom stereocenters. The zero-order valence-corrected chi connectivity index (χ0v) is 15.5. The highest BCUT2D eigenvalue weighted by atomic mass is 19.4. The monoisotopic (exact) mass is 376 g/mol. The molecule has 0 radical (unpaired) electrons. The van der Waals surface area contributed by atoms with E-state index in [4.69, 9.17) is 4.74 Å². The van der Waals surface area contributed by atoms with E-state index in [0.717, 1.165) is 58.5 Å². The first-order chi connectivity index (χ1) is 12.4. The van der Waals surface area contributed by atoms with Crippen molar-refractivity contribution in [3.05, 3.63) is 0 Å². The first-order valence-electron chi connectivity index (χ1n) is 10.1. The van der Waals surface area contributed by atoms with Crippen LogP contribution in [0.2, 0.25) is 0 Å². The van der Waals surface area contributed by atoms with Crippen molar-refractivity contribution in [1.29, 1.82) is 0 Å². The van der Waals surface area contributed by atoms with Crippen LogP contribution < -0.4 is 0 Å². The summed E-state index contributed by atoms with van der Waals surface area (Å²) in [5.74, 6) is -1.97. The maximum absolute atomic E-state index is 13.3. The van der Waals surface area contributed by atoms with Crippen molar-refractivity contribution in [3.63, 3.8) is 0 Å². The second kappa shape index (κ2) is 8.91. The standard InChI is InChI=1S/C19H31F3N2O2/c20-19(21,22)17-4-2-1-3-16(17)18(25)24-9-6-15(7-10-24)5-8-23-11-13-26-14-12-23/h15-17H,1-14H2. The largest absolute Gasteiger partial charge is 0.392 e. The number of amides is 1. The van der Waals surface area contributed by atoms with E-state index in [0.29, 0.717) is 31.8 Å². The van der Waals surface area contributed by atoms with E-state index in [1.807, 2.05) is 0 Å². The van der Waals surface area contributed by atoms with Crippen molar-refractivity contribution in [3.8, 4) is 0 Å². The molecule has 1 amide bonds. The molecule has 150 valence electrons. The van der Waals surface area contributed by atoms with Crippen LogP contribution in [0.15, 0.2) is 0 Å². The average Bonchev–Trinajstić information content (AvgIpc) is 2.66. The predicted octanol–water partition coefficient (Wildman–Crippen LogP) is 3.32. The van der Waals surface area contributed by atoms with E-state index in [1.54, 1.807) is 4.90 Å². The number of carbonyl (C=O) groups excluding carboxylic acids is 1. The number of likely N-dealkylation sites (tertiary alicyclic amines) is 1. The Morgan fingerprint density at radius 3 is 2.27 bits per heavy atom. The van der Waals surface area contributed by atoms with E-state index in [2.05, 4.69) is 4.90 Å². The third kappa shape index (κ3) is 5.12. The second-order valence-electron chi connectivity index (χ2n) is 8.05. The summed E-state index contributed by atoms with van der Waals surface area (Å²) in [6.45, 7) is 5.86. The first kappa shape index (κ1) is 19.9. The summed E-state index contributed by atoms with van der Waals surface area (Å²) in [5.41, 5.74) is 0. The summed E-state index contributed by atoms with van der Waals surface area (Å²) in [6, 6.07) is 0. The SMILES string of the molecule is O=C(C1CCCCC1C(F)(F)F)N1CCC(CCN2CCOCC2)CC1. The van der Waals surface area contributed by atoms with Gasteiger partial charge in [0.15, 0.2) is 0 Å². The normalized spacial score (nSPS) is 29.7. The van der Waals surface area contributed by atoms with Crippen LogP contribution in [-0.2, 0) is 9.53 Å². The van der Waals surface area contributed by atoms with Crippen LogP contribution in [0.5, 0.6) is 0 Å². The first-order valence-corrected chi connectivity index (χ1v) is 10.1. The lowest BCUT2D eigenvalue weighted by Crippen LogP contribution is -2.47. The van der Waals surface area contributed by atoms with Gasteiger partial charge in [-0.05, 0) is 44.6 Å². The highest BCUT2D eigenvalue weighted by molar-refractivity contribution is 5.79. The number of hydrogen-bond acceptors (Lipinski definition) is 3. The molecule has 1 saturated carbocycles. The second-order valence-corrected chi connectivity index (χ2v) is 8.05. The van der Waals surface area contributed by atoms with Gasteiger partial charge in [-0.3, -0.25) is 9.69 Å². The van der Waals surface area contributed by atoms with E-state index in [1.165, 1.54) is 0 Å². The lowest BCUT2D eigenvalue weighted by molar-refractivity contribution is -0.201. The quantitative estimate of drug-likeness (QED) is 0.755. The summed E-state index contributed by atoms with van der Waals surface area (Å²) in [4.78, 5) is 16.8. The van der Waals surface area contributed by atoms with Crippen molar-refractivity contribution < 1.29 is 22.7 Å². The molecule has 2 saturated heterocycles. The molecule has 2 aliphatic heterocycles. The highest BCUT2D eigenvalue weighted by Gasteiger charge is 2.49. The Balaban J connectivity index is 1.45.